The molecule has 1 aliphatic rings. The highest BCUT2D eigenvalue weighted by Crippen LogP contribution is 2.22. The summed E-state index contributed by atoms with van der Waals surface area (Å²) in [5.41, 5.74) is 3.49. The van der Waals surface area contributed by atoms with Crippen molar-refractivity contribution in [3.05, 3.63) is 41.7 Å². The lowest BCUT2D eigenvalue weighted by Crippen LogP contribution is -2.17. The van der Waals surface area contributed by atoms with Crippen molar-refractivity contribution in [1.82, 2.24) is 19.9 Å². The van der Waals surface area contributed by atoms with Crippen molar-refractivity contribution in [2.75, 3.05) is 0 Å². The summed E-state index contributed by atoms with van der Waals surface area (Å²) in [4.78, 5) is 8.84. The first-order valence-corrected chi connectivity index (χ1v) is 6.99. The molecular weight excluding hydrogens is 236 g/mol. The number of pyridine rings is 1. The molecule has 1 fully saturated rings. The maximum Gasteiger partial charge on any atom is 0.112 e. The fourth-order valence-corrected chi connectivity index (χ4v) is 2.29. The van der Waals surface area contributed by atoms with E-state index in [0.717, 1.165) is 24.5 Å². The highest BCUT2D eigenvalue weighted by Gasteiger charge is 2.21. The zero-order valence-electron chi connectivity index (χ0n) is 11.6. The Hall–Kier alpha value is -1.68. The number of nitrogens with zero attached hydrogens (tertiary/aromatic N) is 3. The van der Waals surface area contributed by atoms with E-state index in [1.54, 1.807) is 0 Å². The maximum absolute atomic E-state index is 4.43. The Kier molecular flexibility index (Phi) is 3.34. The first-order valence-electron chi connectivity index (χ1n) is 6.99. The Balaban J connectivity index is 1.94. The van der Waals surface area contributed by atoms with E-state index in [0.29, 0.717) is 6.04 Å². The standard InChI is InChI=1S/C15H20N4/c1-3-15-16-6-7-19(15)14-8-11(2)17-9-12(14)10-18-13-4-5-13/h6-9,13,18H,3-5,10H2,1-2H3. The molecule has 0 amide bonds. The molecule has 0 bridgehead atoms. The molecule has 1 N–H and O–H groups in total. The van der Waals surface area contributed by atoms with Gasteiger partial charge in [-0.1, -0.05) is 6.92 Å². The van der Waals surface area contributed by atoms with Crippen LogP contribution in [0.25, 0.3) is 5.69 Å². The molecule has 1 aliphatic carbocycles. The molecule has 0 unspecified atom stereocenters. The van der Waals surface area contributed by atoms with Crippen molar-refractivity contribution in [2.45, 2.75) is 45.7 Å². The van der Waals surface area contributed by atoms with E-state index < -0.39 is 0 Å². The third-order valence-corrected chi connectivity index (χ3v) is 3.55. The van der Waals surface area contributed by atoms with Gasteiger partial charge in [-0.15, -0.1) is 0 Å². The van der Waals surface area contributed by atoms with Crippen molar-refractivity contribution in [2.24, 2.45) is 0 Å². The lowest BCUT2D eigenvalue weighted by molar-refractivity contribution is 0.680. The molecule has 3 rings (SSSR count). The molecule has 2 aromatic rings. The van der Waals surface area contributed by atoms with Gasteiger partial charge in [0.25, 0.3) is 0 Å². The summed E-state index contributed by atoms with van der Waals surface area (Å²) in [7, 11) is 0. The summed E-state index contributed by atoms with van der Waals surface area (Å²) >= 11 is 0. The van der Waals surface area contributed by atoms with Gasteiger partial charge in [-0.3, -0.25) is 4.98 Å². The minimum absolute atomic E-state index is 0.711. The van der Waals surface area contributed by atoms with Crippen LogP contribution in [0.3, 0.4) is 0 Å². The van der Waals surface area contributed by atoms with E-state index in [4.69, 9.17) is 0 Å². The van der Waals surface area contributed by atoms with Gasteiger partial charge >= 0.3 is 0 Å². The van der Waals surface area contributed by atoms with Crippen LogP contribution >= 0.6 is 0 Å². The van der Waals surface area contributed by atoms with Crippen molar-refractivity contribution >= 4 is 0 Å². The van der Waals surface area contributed by atoms with Crippen LogP contribution in [-0.4, -0.2) is 20.6 Å². The fraction of sp³-hybridized carbons (Fsp3) is 0.467. The van der Waals surface area contributed by atoms with Gasteiger partial charge in [-0.05, 0) is 25.8 Å². The second-order valence-electron chi connectivity index (χ2n) is 5.18. The Labute approximate surface area is 113 Å². The molecule has 2 aromatic heterocycles. The van der Waals surface area contributed by atoms with Crippen molar-refractivity contribution in [3.8, 4) is 5.69 Å². The first kappa shape index (κ1) is 12.4. The van der Waals surface area contributed by atoms with E-state index >= 15 is 0 Å². The van der Waals surface area contributed by atoms with E-state index in [1.807, 2.05) is 25.5 Å². The summed E-state index contributed by atoms with van der Waals surface area (Å²) in [5, 5.41) is 3.56. The number of imidazole rings is 1. The zero-order chi connectivity index (χ0) is 13.2. The fourth-order valence-electron chi connectivity index (χ4n) is 2.29. The van der Waals surface area contributed by atoms with Gasteiger partial charge in [-0.25, -0.2) is 4.98 Å². The normalized spacial score (nSPS) is 14.8. The number of nitrogens with one attached hydrogen (secondary N) is 1. The van der Waals surface area contributed by atoms with Crippen LogP contribution in [0.5, 0.6) is 0 Å². The van der Waals surface area contributed by atoms with Gasteiger partial charge in [0, 0.05) is 48.9 Å². The molecule has 19 heavy (non-hydrogen) atoms. The quantitative estimate of drug-likeness (QED) is 0.893. The average Bonchev–Trinajstić information content (AvgIpc) is 3.12. The molecule has 0 saturated heterocycles. The van der Waals surface area contributed by atoms with Crippen LogP contribution in [0.2, 0.25) is 0 Å². The molecule has 0 atom stereocenters. The monoisotopic (exact) mass is 256 g/mol. The van der Waals surface area contributed by atoms with Crippen LogP contribution in [0.1, 0.15) is 36.8 Å². The molecule has 0 radical (unpaired) electrons. The predicted octanol–water partition coefficient (Wildman–Crippen LogP) is 2.39. The Morgan fingerprint density at radius 1 is 1.37 bits per heavy atom. The summed E-state index contributed by atoms with van der Waals surface area (Å²) in [6.07, 6.45) is 9.43. The predicted molar refractivity (Wildman–Crippen MR) is 75.3 cm³/mol. The van der Waals surface area contributed by atoms with Crippen LogP contribution in [0.15, 0.2) is 24.7 Å². The summed E-state index contributed by atoms with van der Waals surface area (Å²) < 4.78 is 2.18. The summed E-state index contributed by atoms with van der Waals surface area (Å²) in [6.45, 7) is 5.05. The number of aromatic nitrogens is 3. The minimum Gasteiger partial charge on any atom is -0.310 e. The highest BCUT2D eigenvalue weighted by molar-refractivity contribution is 5.42. The third-order valence-electron chi connectivity index (χ3n) is 3.55. The first-order chi connectivity index (χ1) is 9.28. The number of rotatable bonds is 5. The smallest absolute Gasteiger partial charge is 0.112 e. The molecule has 100 valence electrons. The van der Waals surface area contributed by atoms with E-state index in [9.17, 15) is 0 Å². The second-order valence-corrected chi connectivity index (χ2v) is 5.18. The molecular formula is C15H20N4. The average molecular weight is 256 g/mol. The van der Waals surface area contributed by atoms with Crippen LogP contribution in [0.4, 0.5) is 0 Å². The second kappa shape index (κ2) is 5.13. The van der Waals surface area contributed by atoms with Crippen LogP contribution < -0.4 is 5.32 Å². The Bertz CT molecular complexity index is 569. The highest BCUT2D eigenvalue weighted by atomic mass is 15.1. The Morgan fingerprint density at radius 3 is 2.95 bits per heavy atom. The minimum atomic E-state index is 0.711. The van der Waals surface area contributed by atoms with Crippen LogP contribution in [-0.2, 0) is 13.0 Å². The van der Waals surface area contributed by atoms with Gasteiger partial charge < -0.3 is 9.88 Å². The van der Waals surface area contributed by atoms with Gasteiger partial charge in [0.05, 0.1) is 5.69 Å². The van der Waals surface area contributed by atoms with Crippen LogP contribution in [0, 0.1) is 6.92 Å². The lowest BCUT2D eigenvalue weighted by Gasteiger charge is -2.13. The van der Waals surface area contributed by atoms with Gasteiger partial charge in [0.1, 0.15) is 5.82 Å². The molecule has 2 heterocycles. The van der Waals surface area contributed by atoms with Gasteiger partial charge in [0.15, 0.2) is 0 Å². The summed E-state index contributed by atoms with van der Waals surface area (Å²) in [5.74, 6) is 1.10. The maximum atomic E-state index is 4.43. The SMILES string of the molecule is CCc1nccn1-c1cc(C)ncc1CNC1CC1. The molecule has 0 aromatic carbocycles. The zero-order valence-corrected chi connectivity index (χ0v) is 11.6. The molecule has 1 saturated carbocycles. The van der Waals surface area contributed by atoms with E-state index in [-0.39, 0.29) is 0 Å². The topological polar surface area (TPSA) is 42.7 Å². The van der Waals surface area contributed by atoms with E-state index in [2.05, 4.69) is 32.8 Å². The van der Waals surface area contributed by atoms with Crippen molar-refractivity contribution < 1.29 is 0 Å². The van der Waals surface area contributed by atoms with Gasteiger partial charge in [0.2, 0.25) is 0 Å². The third kappa shape index (κ3) is 2.68. The molecule has 4 heteroatoms. The number of hydrogen-bond acceptors (Lipinski definition) is 3. The Morgan fingerprint density at radius 2 is 2.21 bits per heavy atom. The lowest BCUT2D eigenvalue weighted by atomic mass is 10.2. The molecule has 0 aliphatic heterocycles. The largest absolute Gasteiger partial charge is 0.310 e. The van der Waals surface area contributed by atoms with Crippen molar-refractivity contribution in [1.29, 1.82) is 0 Å². The summed E-state index contributed by atoms with van der Waals surface area (Å²) in [6, 6.07) is 2.85. The van der Waals surface area contributed by atoms with E-state index in [1.165, 1.54) is 24.1 Å². The number of hydrogen-bond donors (Lipinski definition) is 1. The number of aryl methyl sites for hydroxylation is 2. The molecule has 4 nitrogen and oxygen atoms in total. The van der Waals surface area contributed by atoms with Crippen molar-refractivity contribution in [3.63, 3.8) is 0 Å². The molecule has 0 spiro atoms. The van der Waals surface area contributed by atoms with Gasteiger partial charge in [-0.2, -0.15) is 0 Å².